The average molecular weight is 277 g/mol. The van der Waals surface area contributed by atoms with Crippen molar-refractivity contribution in [3.05, 3.63) is 28.0 Å². The summed E-state index contributed by atoms with van der Waals surface area (Å²) in [7, 11) is 0. The number of hydrogen-bond acceptors (Lipinski definition) is 2. The summed E-state index contributed by atoms with van der Waals surface area (Å²) in [5.74, 6) is -3.50. The molecule has 0 saturated carbocycles. The van der Waals surface area contributed by atoms with Crippen LogP contribution in [0, 0.1) is 11.6 Å². The lowest BCUT2D eigenvalue weighted by atomic mass is 10.3. The number of carboxylic acids is 1. The number of nitrogens with one attached hydrogen (secondary N) is 1. The quantitative estimate of drug-likeness (QED) is 0.786. The van der Waals surface area contributed by atoms with Gasteiger partial charge >= 0.3 is 5.97 Å². The van der Waals surface area contributed by atoms with Gasteiger partial charge in [0.05, 0.1) is 9.99 Å². The molecular formula is C8H3BrF2N2O2. The van der Waals surface area contributed by atoms with E-state index in [9.17, 15) is 13.6 Å². The summed E-state index contributed by atoms with van der Waals surface area (Å²) >= 11 is 2.70. The van der Waals surface area contributed by atoms with Gasteiger partial charge in [-0.05, 0) is 15.9 Å². The van der Waals surface area contributed by atoms with E-state index in [0.717, 1.165) is 6.07 Å². The Labute approximate surface area is 90.1 Å². The highest BCUT2D eigenvalue weighted by atomic mass is 79.9. The van der Waals surface area contributed by atoms with E-state index in [2.05, 4.69) is 25.9 Å². The number of nitrogens with zero attached hydrogens (tertiary/aromatic N) is 1. The largest absolute Gasteiger partial charge is 0.475 e. The topological polar surface area (TPSA) is 66.0 Å². The van der Waals surface area contributed by atoms with Crippen LogP contribution in [0.5, 0.6) is 0 Å². The van der Waals surface area contributed by atoms with E-state index in [1.807, 2.05) is 0 Å². The Morgan fingerprint density at radius 3 is 2.80 bits per heavy atom. The van der Waals surface area contributed by atoms with Gasteiger partial charge < -0.3 is 10.1 Å². The molecule has 0 aliphatic carbocycles. The second-order valence-electron chi connectivity index (χ2n) is 2.77. The van der Waals surface area contributed by atoms with Gasteiger partial charge in [-0.3, -0.25) is 0 Å². The molecule has 15 heavy (non-hydrogen) atoms. The molecule has 0 saturated heterocycles. The van der Waals surface area contributed by atoms with Gasteiger partial charge in [-0.15, -0.1) is 0 Å². The van der Waals surface area contributed by atoms with Gasteiger partial charge in [-0.25, -0.2) is 18.6 Å². The Morgan fingerprint density at radius 2 is 2.20 bits per heavy atom. The van der Waals surface area contributed by atoms with Crippen LogP contribution < -0.4 is 0 Å². The Hall–Kier alpha value is -1.50. The molecule has 0 bridgehead atoms. The predicted octanol–water partition coefficient (Wildman–Crippen LogP) is 2.30. The van der Waals surface area contributed by atoms with Crippen LogP contribution in [0.1, 0.15) is 10.6 Å². The van der Waals surface area contributed by atoms with Crippen molar-refractivity contribution in [2.45, 2.75) is 0 Å². The number of imidazole rings is 1. The fourth-order valence-corrected chi connectivity index (χ4v) is 1.46. The van der Waals surface area contributed by atoms with Crippen LogP contribution in [-0.4, -0.2) is 21.0 Å². The molecule has 0 unspecified atom stereocenters. The van der Waals surface area contributed by atoms with Crippen LogP contribution in [0.25, 0.3) is 11.0 Å². The molecule has 0 amide bonds. The minimum atomic E-state index is -1.33. The first-order valence-electron chi connectivity index (χ1n) is 3.77. The van der Waals surface area contributed by atoms with Crippen LogP contribution in [0.4, 0.5) is 8.78 Å². The van der Waals surface area contributed by atoms with Gasteiger partial charge in [0, 0.05) is 6.07 Å². The highest BCUT2D eigenvalue weighted by molar-refractivity contribution is 9.10. The zero-order valence-electron chi connectivity index (χ0n) is 7.01. The van der Waals surface area contributed by atoms with Crippen LogP contribution >= 0.6 is 15.9 Å². The molecule has 1 aromatic carbocycles. The van der Waals surface area contributed by atoms with Crippen molar-refractivity contribution in [1.82, 2.24) is 9.97 Å². The van der Waals surface area contributed by atoms with Gasteiger partial charge in [0.1, 0.15) is 11.3 Å². The smallest absolute Gasteiger partial charge is 0.371 e. The first-order valence-corrected chi connectivity index (χ1v) is 4.56. The number of fused-ring (bicyclic) bond motifs is 1. The Balaban J connectivity index is 2.82. The van der Waals surface area contributed by atoms with Crippen molar-refractivity contribution >= 4 is 32.9 Å². The summed E-state index contributed by atoms with van der Waals surface area (Å²) < 4.78 is 26.0. The second kappa shape index (κ2) is 3.27. The fourth-order valence-electron chi connectivity index (χ4n) is 1.16. The minimum Gasteiger partial charge on any atom is -0.475 e. The van der Waals surface area contributed by atoms with Crippen LogP contribution in [-0.2, 0) is 0 Å². The molecule has 1 aromatic heterocycles. The van der Waals surface area contributed by atoms with Gasteiger partial charge in [0.15, 0.2) is 5.82 Å². The summed E-state index contributed by atoms with van der Waals surface area (Å²) in [5.41, 5.74) is -0.203. The van der Waals surface area contributed by atoms with Crippen molar-refractivity contribution in [3.63, 3.8) is 0 Å². The highest BCUT2D eigenvalue weighted by Crippen LogP contribution is 2.26. The molecule has 1 heterocycles. The number of aromatic amines is 1. The van der Waals surface area contributed by atoms with Gasteiger partial charge in [-0.1, -0.05) is 0 Å². The summed E-state index contributed by atoms with van der Waals surface area (Å²) in [6.45, 7) is 0. The Morgan fingerprint density at radius 1 is 1.53 bits per heavy atom. The maximum Gasteiger partial charge on any atom is 0.371 e. The molecule has 0 aliphatic heterocycles. The molecular weight excluding hydrogens is 274 g/mol. The number of rotatable bonds is 1. The molecule has 0 aliphatic rings. The maximum atomic E-state index is 13.4. The molecule has 0 radical (unpaired) electrons. The minimum absolute atomic E-state index is 0.00519. The lowest BCUT2D eigenvalue weighted by Crippen LogP contribution is -1.97. The standard InChI is InChI=1S/C8H3BrF2N2O2/c9-4-2(10)1-3-6(5(4)11)13-7(12-3)8(14)15/h1H,(H,12,13)(H,14,15). The summed E-state index contributed by atoms with van der Waals surface area (Å²) in [6, 6.07) is 0.974. The number of hydrogen-bond donors (Lipinski definition) is 2. The van der Waals surface area contributed by atoms with E-state index in [0.29, 0.717) is 0 Å². The third kappa shape index (κ3) is 1.48. The second-order valence-corrected chi connectivity index (χ2v) is 3.57. The summed E-state index contributed by atoms with van der Waals surface area (Å²) in [5, 5.41) is 8.59. The van der Waals surface area contributed by atoms with E-state index >= 15 is 0 Å². The highest BCUT2D eigenvalue weighted by Gasteiger charge is 2.17. The van der Waals surface area contributed by atoms with Crippen molar-refractivity contribution < 1.29 is 18.7 Å². The van der Waals surface area contributed by atoms with E-state index in [-0.39, 0.29) is 15.5 Å². The number of benzene rings is 1. The van der Waals surface area contributed by atoms with Crippen LogP contribution in [0.2, 0.25) is 0 Å². The summed E-state index contributed by atoms with van der Waals surface area (Å²) in [6.07, 6.45) is 0. The van der Waals surface area contributed by atoms with Gasteiger partial charge in [0.25, 0.3) is 0 Å². The normalized spacial score (nSPS) is 10.9. The monoisotopic (exact) mass is 276 g/mol. The Kier molecular flexibility index (Phi) is 2.18. The van der Waals surface area contributed by atoms with Crippen LogP contribution in [0.3, 0.4) is 0 Å². The molecule has 0 fully saturated rings. The SMILES string of the molecule is O=C(O)c1nc2c(F)c(Br)c(F)cc2[nH]1. The fraction of sp³-hybridized carbons (Fsp3) is 0. The van der Waals surface area contributed by atoms with E-state index in [1.165, 1.54) is 0 Å². The van der Waals surface area contributed by atoms with E-state index in [4.69, 9.17) is 5.11 Å². The molecule has 2 aromatic rings. The third-order valence-corrected chi connectivity index (χ3v) is 2.54. The zero-order valence-corrected chi connectivity index (χ0v) is 8.60. The molecule has 4 nitrogen and oxygen atoms in total. The molecule has 2 N–H and O–H groups in total. The molecule has 0 atom stereocenters. The molecule has 0 spiro atoms. The Bertz CT molecular complexity index is 567. The van der Waals surface area contributed by atoms with E-state index in [1.54, 1.807) is 0 Å². The summed E-state index contributed by atoms with van der Waals surface area (Å²) in [4.78, 5) is 16.3. The van der Waals surface area contributed by atoms with Crippen LogP contribution in [0.15, 0.2) is 10.5 Å². The molecule has 7 heteroatoms. The predicted molar refractivity (Wildman–Crippen MR) is 50.7 cm³/mol. The third-order valence-electron chi connectivity index (χ3n) is 1.82. The van der Waals surface area contributed by atoms with Gasteiger partial charge in [-0.2, -0.15) is 0 Å². The van der Waals surface area contributed by atoms with E-state index < -0.39 is 23.4 Å². The number of aromatic nitrogens is 2. The first-order chi connectivity index (χ1) is 7.00. The first kappa shape index (κ1) is 10.0. The van der Waals surface area contributed by atoms with Crippen molar-refractivity contribution in [3.8, 4) is 0 Å². The number of carbonyl (C=O) groups is 1. The molecule has 78 valence electrons. The lowest BCUT2D eigenvalue weighted by molar-refractivity contribution is 0.0685. The molecule has 2 rings (SSSR count). The van der Waals surface area contributed by atoms with Crippen molar-refractivity contribution in [2.24, 2.45) is 0 Å². The lowest BCUT2D eigenvalue weighted by Gasteiger charge is -1.96. The van der Waals surface area contributed by atoms with Crippen molar-refractivity contribution in [2.75, 3.05) is 0 Å². The number of carboxylic acid groups (broad SMARTS) is 1. The van der Waals surface area contributed by atoms with Crippen molar-refractivity contribution in [1.29, 1.82) is 0 Å². The maximum absolute atomic E-state index is 13.4. The van der Waals surface area contributed by atoms with Gasteiger partial charge in [0.2, 0.25) is 5.82 Å². The zero-order chi connectivity index (χ0) is 11.2. The number of H-pyrrole nitrogens is 1. The average Bonchev–Trinajstić information content (AvgIpc) is 2.58. The number of halogens is 3. The number of aromatic carboxylic acids is 1.